The predicted octanol–water partition coefficient (Wildman–Crippen LogP) is 9.08. The standard InChI is InChI=1S/C37H55N3O3/c1-13-32(5,6)20-26-21-34(9,16-17-35(26,10)31-40-39-30(43-31)23(2)3)37(12)15-14-27-33(7,8)29(42)25(22-38)19-36(27,11)28(37)18-24(4)41/h18-19,23,26-27H,13-17,20-21H2,1-12H3/b28-18-/t26?,27-,34+,35-,36-,37+/m0/s1. The van der Waals surface area contributed by atoms with E-state index in [-0.39, 0.29) is 50.6 Å². The zero-order valence-corrected chi connectivity index (χ0v) is 28.9. The predicted molar refractivity (Wildman–Crippen MR) is 170 cm³/mol. The second kappa shape index (κ2) is 10.8. The molecule has 2 saturated carbocycles. The Hall–Kier alpha value is -2.55. The number of fused-ring (bicyclic) bond motifs is 1. The number of aromatic nitrogens is 2. The Morgan fingerprint density at radius 3 is 2.33 bits per heavy atom. The van der Waals surface area contributed by atoms with E-state index >= 15 is 0 Å². The topological polar surface area (TPSA) is 96.8 Å². The average Bonchev–Trinajstić information content (AvgIpc) is 3.42. The van der Waals surface area contributed by atoms with Crippen LogP contribution in [0.5, 0.6) is 0 Å². The molecule has 0 amide bonds. The Labute approximate surface area is 260 Å². The van der Waals surface area contributed by atoms with Gasteiger partial charge in [0.05, 0.1) is 5.57 Å². The lowest BCUT2D eigenvalue weighted by molar-refractivity contribution is -0.132. The Morgan fingerprint density at radius 2 is 1.79 bits per heavy atom. The maximum atomic E-state index is 13.4. The van der Waals surface area contributed by atoms with Crippen molar-refractivity contribution in [3.63, 3.8) is 0 Å². The van der Waals surface area contributed by atoms with E-state index < -0.39 is 10.8 Å². The molecule has 1 aromatic heterocycles. The first kappa shape index (κ1) is 33.3. The third kappa shape index (κ3) is 5.27. The van der Waals surface area contributed by atoms with Gasteiger partial charge in [0, 0.05) is 22.2 Å². The SMILES string of the molecule is CCC(C)(C)CC1C[C@](C)([C@]2(C)CC[C@H]3C(C)(C)C(=O)C(C#N)=C[C@]3(C)/C2=C/C(C)=O)CC[C@]1(C)c1nnc(C(C)C)o1. The van der Waals surface area contributed by atoms with Crippen molar-refractivity contribution < 1.29 is 14.0 Å². The molecule has 3 aliphatic rings. The van der Waals surface area contributed by atoms with Crippen molar-refractivity contribution in [2.75, 3.05) is 0 Å². The fourth-order valence-electron chi connectivity index (χ4n) is 9.24. The molecule has 0 bridgehead atoms. The molecular weight excluding hydrogens is 534 g/mol. The van der Waals surface area contributed by atoms with Crippen molar-refractivity contribution in [2.45, 2.75) is 139 Å². The molecule has 0 saturated heterocycles. The van der Waals surface area contributed by atoms with E-state index in [1.807, 2.05) is 26.0 Å². The lowest BCUT2D eigenvalue weighted by Gasteiger charge is -2.64. The minimum absolute atomic E-state index is 0.0170. The Morgan fingerprint density at radius 1 is 1.14 bits per heavy atom. The van der Waals surface area contributed by atoms with Crippen molar-refractivity contribution in [3.05, 3.63) is 35.1 Å². The van der Waals surface area contributed by atoms with Crippen molar-refractivity contribution in [3.8, 4) is 6.07 Å². The van der Waals surface area contributed by atoms with Gasteiger partial charge in [-0.15, -0.1) is 10.2 Å². The summed E-state index contributed by atoms with van der Waals surface area (Å²) in [5.74, 6) is 1.88. The summed E-state index contributed by atoms with van der Waals surface area (Å²) < 4.78 is 6.37. The normalized spacial score (nSPS) is 37.2. The van der Waals surface area contributed by atoms with Crippen LogP contribution >= 0.6 is 0 Å². The largest absolute Gasteiger partial charge is 0.424 e. The zero-order valence-electron chi connectivity index (χ0n) is 28.9. The molecule has 3 aliphatic carbocycles. The highest BCUT2D eigenvalue weighted by molar-refractivity contribution is 6.04. The maximum Gasteiger partial charge on any atom is 0.222 e. The number of carbonyl (C=O) groups excluding carboxylic acids is 2. The number of rotatable bonds is 7. The number of hydrogen-bond acceptors (Lipinski definition) is 6. The summed E-state index contributed by atoms with van der Waals surface area (Å²) in [6.45, 7) is 26.1. The minimum Gasteiger partial charge on any atom is -0.424 e. The molecule has 43 heavy (non-hydrogen) atoms. The number of ketones is 2. The van der Waals surface area contributed by atoms with Crippen molar-refractivity contribution in [1.29, 1.82) is 5.26 Å². The van der Waals surface area contributed by atoms with Gasteiger partial charge in [-0.1, -0.05) is 94.2 Å². The smallest absolute Gasteiger partial charge is 0.222 e. The first-order valence-electron chi connectivity index (χ1n) is 16.5. The van der Waals surface area contributed by atoms with Crippen molar-refractivity contribution in [2.24, 2.45) is 38.9 Å². The summed E-state index contributed by atoms with van der Waals surface area (Å²) in [4.78, 5) is 26.3. The Bertz CT molecular complexity index is 1390. The van der Waals surface area contributed by atoms with Gasteiger partial charge in [-0.3, -0.25) is 9.59 Å². The molecule has 6 heteroatoms. The molecule has 0 aromatic carbocycles. The van der Waals surface area contributed by atoms with Crippen LogP contribution in [0, 0.1) is 50.2 Å². The van der Waals surface area contributed by atoms with Crippen LogP contribution < -0.4 is 0 Å². The van der Waals surface area contributed by atoms with Crippen LogP contribution in [-0.4, -0.2) is 21.8 Å². The number of hydrogen-bond donors (Lipinski definition) is 0. The lowest BCUT2D eigenvalue weighted by atomic mass is 9.39. The van der Waals surface area contributed by atoms with Gasteiger partial charge < -0.3 is 4.42 Å². The van der Waals surface area contributed by atoms with E-state index in [1.54, 1.807) is 6.92 Å². The van der Waals surface area contributed by atoms with E-state index in [0.29, 0.717) is 11.8 Å². The fourth-order valence-corrected chi connectivity index (χ4v) is 9.24. The van der Waals surface area contributed by atoms with E-state index in [4.69, 9.17) is 4.42 Å². The summed E-state index contributed by atoms with van der Waals surface area (Å²) in [6.07, 6.45) is 10.5. The third-order valence-corrected chi connectivity index (χ3v) is 12.8. The zero-order chi connectivity index (χ0) is 32.4. The number of nitriles is 1. The fraction of sp³-hybridized carbons (Fsp3) is 0.757. The molecule has 0 aliphatic heterocycles. The maximum absolute atomic E-state index is 13.4. The number of allylic oxidation sites excluding steroid dienone is 4. The van der Waals surface area contributed by atoms with Gasteiger partial charge in [0.15, 0.2) is 11.6 Å². The molecule has 4 rings (SSSR count). The van der Waals surface area contributed by atoms with Crippen molar-refractivity contribution in [1.82, 2.24) is 10.2 Å². The van der Waals surface area contributed by atoms with Gasteiger partial charge in [-0.2, -0.15) is 5.26 Å². The number of Topliss-reactive ketones (excluding diaryl/α,β-unsaturated/α-hetero) is 1. The van der Waals surface area contributed by atoms with Crippen LogP contribution in [0.1, 0.15) is 146 Å². The monoisotopic (exact) mass is 589 g/mol. The van der Waals surface area contributed by atoms with Gasteiger partial charge in [-0.25, -0.2) is 0 Å². The van der Waals surface area contributed by atoms with E-state index in [9.17, 15) is 14.9 Å². The number of nitrogens with zero attached hydrogens (tertiary/aromatic N) is 3. The lowest BCUT2D eigenvalue weighted by Crippen LogP contribution is -2.58. The third-order valence-electron chi connectivity index (χ3n) is 12.8. The second-order valence-electron chi connectivity index (χ2n) is 16.8. The Kier molecular flexibility index (Phi) is 8.38. The van der Waals surface area contributed by atoms with Crippen LogP contribution in [0.4, 0.5) is 0 Å². The van der Waals surface area contributed by atoms with E-state index in [2.05, 4.69) is 78.6 Å². The van der Waals surface area contributed by atoms with Crippen LogP contribution in [0.2, 0.25) is 0 Å². The molecule has 0 spiro atoms. The molecule has 2 fully saturated rings. The molecule has 1 heterocycles. The van der Waals surface area contributed by atoms with Crippen molar-refractivity contribution >= 4 is 11.6 Å². The van der Waals surface area contributed by atoms with Crippen LogP contribution in [0.25, 0.3) is 0 Å². The molecule has 6 atom stereocenters. The van der Waals surface area contributed by atoms with Crippen LogP contribution in [0.15, 0.2) is 27.7 Å². The summed E-state index contributed by atoms with van der Waals surface area (Å²) in [5.41, 5.74) is -0.457. The molecule has 1 unspecified atom stereocenters. The van der Waals surface area contributed by atoms with Gasteiger partial charge in [0.2, 0.25) is 11.8 Å². The van der Waals surface area contributed by atoms with Gasteiger partial charge in [-0.05, 0) is 79.6 Å². The van der Waals surface area contributed by atoms with Crippen LogP contribution in [0.3, 0.4) is 0 Å². The van der Waals surface area contributed by atoms with E-state index in [1.165, 1.54) is 0 Å². The molecule has 236 valence electrons. The van der Waals surface area contributed by atoms with Gasteiger partial charge >= 0.3 is 0 Å². The van der Waals surface area contributed by atoms with Gasteiger partial charge in [0.1, 0.15) is 6.07 Å². The molecule has 0 radical (unpaired) electrons. The highest BCUT2D eigenvalue weighted by Crippen LogP contribution is 2.70. The highest BCUT2D eigenvalue weighted by atomic mass is 16.4. The number of carbonyl (C=O) groups is 2. The highest BCUT2D eigenvalue weighted by Gasteiger charge is 2.64. The summed E-state index contributed by atoms with van der Waals surface area (Å²) in [6, 6.07) is 2.21. The van der Waals surface area contributed by atoms with E-state index in [0.717, 1.165) is 56.4 Å². The summed E-state index contributed by atoms with van der Waals surface area (Å²) >= 11 is 0. The molecular formula is C37H55N3O3. The average molecular weight is 590 g/mol. The first-order chi connectivity index (χ1) is 19.7. The minimum atomic E-state index is -0.683. The first-order valence-corrected chi connectivity index (χ1v) is 16.5. The summed E-state index contributed by atoms with van der Waals surface area (Å²) in [5, 5.41) is 19.1. The second-order valence-corrected chi connectivity index (χ2v) is 16.8. The van der Waals surface area contributed by atoms with Crippen LogP contribution in [-0.2, 0) is 15.0 Å². The Balaban J connectivity index is 1.86. The summed E-state index contributed by atoms with van der Waals surface area (Å²) in [7, 11) is 0. The molecule has 6 nitrogen and oxygen atoms in total. The molecule has 1 aromatic rings. The van der Waals surface area contributed by atoms with Gasteiger partial charge in [0.25, 0.3) is 0 Å². The quantitative estimate of drug-likeness (QED) is 0.294. The molecule has 0 N–H and O–H groups in total.